The lowest BCUT2D eigenvalue weighted by Crippen LogP contribution is -2.31. The minimum absolute atomic E-state index is 0.221. The van der Waals surface area contributed by atoms with E-state index in [2.05, 4.69) is 9.80 Å². The van der Waals surface area contributed by atoms with Gasteiger partial charge in [-0.15, -0.1) is 0 Å². The van der Waals surface area contributed by atoms with Crippen LogP contribution in [0, 0.1) is 0 Å². The molecule has 0 fully saturated rings. The van der Waals surface area contributed by atoms with Crippen molar-refractivity contribution in [2.45, 2.75) is 6.42 Å². The molecule has 16 heavy (non-hydrogen) atoms. The number of nitrogens with one attached hydrogen (secondary N) is 1. The number of aromatic nitrogens is 1. The number of carbonyl (C=O) groups excluding carboxylic acids is 1. The van der Waals surface area contributed by atoms with Crippen LogP contribution in [0.2, 0.25) is 0 Å². The standard InChI is InChI=1S/C10H11N3O2S/c1-15-10-7-4-6(5-9(14)12-11)2-3-8(7)16-13-10/h2-4H,5,11H2,1H3,(H,12,14). The number of methoxy groups -OCH3 is 1. The van der Waals surface area contributed by atoms with E-state index in [-0.39, 0.29) is 12.3 Å². The van der Waals surface area contributed by atoms with Crippen molar-refractivity contribution < 1.29 is 9.53 Å². The average Bonchev–Trinajstić information content (AvgIpc) is 2.71. The number of nitrogens with zero attached hydrogens (tertiary/aromatic N) is 1. The molecule has 1 aromatic carbocycles. The van der Waals surface area contributed by atoms with Gasteiger partial charge in [-0.05, 0) is 29.2 Å². The Balaban J connectivity index is 2.37. The van der Waals surface area contributed by atoms with Gasteiger partial charge in [-0.2, -0.15) is 4.37 Å². The fraction of sp³-hybridized carbons (Fsp3) is 0.200. The van der Waals surface area contributed by atoms with E-state index >= 15 is 0 Å². The number of amides is 1. The zero-order valence-electron chi connectivity index (χ0n) is 8.69. The molecule has 1 aromatic heterocycles. The fourth-order valence-corrected chi connectivity index (χ4v) is 2.18. The van der Waals surface area contributed by atoms with Crippen LogP contribution >= 0.6 is 11.5 Å². The number of nitrogens with two attached hydrogens (primary N) is 1. The zero-order chi connectivity index (χ0) is 11.5. The molecule has 0 atom stereocenters. The van der Waals surface area contributed by atoms with Crippen molar-refractivity contribution in [1.82, 2.24) is 9.80 Å². The Bertz CT molecular complexity index is 524. The highest BCUT2D eigenvalue weighted by Gasteiger charge is 2.08. The Morgan fingerprint density at radius 2 is 2.44 bits per heavy atom. The number of hydrogen-bond donors (Lipinski definition) is 2. The molecule has 84 valence electrons. The molecule has 0 saturated carbocycles. The van der Waals surface area contributed by atoms with Crippen LogP contribution < -0.4 is 16.0 Å². The molecule has 5 nitrogen and oxygen atoms in total. The Morgan fingerprint density at radius 3 is 3.12 bits per heavy atom. The maximum atomic E-state index is 11.1. The van der Waals surface area contributed by atoms with E-state index in [1.54, 1.807) is 7.11 Å². The van der Waals surface area contributed by atoms with E-state index in [0.717, 1.165) is 15.6 Å². The molecule has 0 spiro atoms. The van der Waals surface area contributed by atoms with Crippen molar-refractivity contribution in [3.63, 3.8) is 0 Å². The summed E-state index contributed by atoms with van der Waals surface area (Å²) in [4.78, 5) is 11.1. The maximum Gasteiger partial charge on any atom is 0.238 e. The molecule has 0 aliphatic carbocycles. The molecule has 3 N–H and O–H groups in total. The number of ether oxygens (including phenoxy) is 1. The number of hydrogen-bond acceptors (Lipinski definition) is 5. The van der Waals surface area contributed by atoms with E-state index in [1.807, 2.05) is 18.2 Å². The predicted molar refractivity (Wildman–Crippen MR) is 62.2 cm³/mol. The molecule has 0 aliphatic rings. The van der Waals surface area contributed by atoms with Gasteiger partial charge in [-0.25, -0.2) is 5.84 Å². The number of fused-ring (bicyclic) bond motifs is 1. The smallest absolute Gasteiger partial charge is 0.238 e. The summed E-state index contributed by atoms with van der Waals surface area (Å²) in [6.07, 6.45) is 0.255. The van der Waals surface area contributed by atoms with Crippen molar-refractivity contribution in [3.8, 4) is 5.88 Å². The highest BCUT2D eigenvalue weighted by molar-refractivity contribution is 7.13. The Hall–Kier alpha value is -1.66. The molecule has 0 saturated heterocycles. The number of hydrazine groups is 1. The third-order valence-corrected chi connectivity index (χ3v) is 3.03. The second-order valence-corrected chi connectivity index (χ2v) is 4.07. The van der Waals surface area contributed by atoms with Crippen molar-refractivity contribution >= 4 is 27.5 Å². The Kier molecular flexibility index (Phi) is 3.02. The fourth-order valence-electron chi connectivity index (χ4n) is 1.46. The average molecular weight is 237 g/mol. The summed E-state index contributed by atoms with van der Waals surface area (Å²) < 4.78 is 10.3. The molecule has 0 bridgehead atoms. The van der Waals surface area contributed by atoms with E-state index in [4.69, 9.17) is 10.6 Å². The Morgan fingerprint density at radius 1 is 1.62 bits per heavy atom. The van der Waals surface area contributed by atoms with Gasteiger partial charge in [-0.1, -0.05) is 6.07 Å². The number of benzene rings is 1. The van der Waals surface area contributed by atoms with Crippen LogP contribution in [0.1, 0.15) is 5.56 Å². The highest BCUT2D eigenvalue weighted by atomic mass is 32.1. The van der Waals surface area contributed by atoms with Crippen molar-refractivity contribution in [2.75, 3.05) is 7.11 Å². The van der Waals surface area contributed by atoms with Gasteiger partial charge in [0.15, 0.2) is 0 Å². The molecule has 1 heterocycles. The van der Waals surface area contributed by atoms with Crippen LogP contribution in [0.25, 0.3) is 10.1 Å². The first kappa shape index (κ1) is 10.8. The highest BCUT2D eigenvalue weighted by Crippen LogP contribution is 2.29. The predicted octanol–water partition coefficient (Wildman–Crippen LogP) is 0.837. The van der Waals surface area contributed by atoms with Gasteiger partial charge in [-0.3, -0.25) is 10.2 Å². The molecule has 0 unspecified atom stereocenters. The van der Waals surface area contributed by atoms with Gasteiger partial charge >= 0.3 is 0 Å². The normalized spacial score (nSPS) is 10.4. The van der Waals surface area contributed by atoms with E-state index in [9.17, 15) is 4.79 Å². The number of carbonyl (C=O) groups is 1. The lowest BCUT2D eigenvalue weighted by Gasteiger charge is -2.01. The SMILES string of the molecule is COc1nsc2ccc(CC(=O)NN)cc12. The molecular formula is C10H11N3O2S. The third-order valence-electron chi connectivity index (χ3n) is 2.22. The molecule has 2 rings (SSSR count). The van der Waals surface area contributed by atoms with Crippen molar-refractivity contribution in [1.29, 1.82) is 0 Å². The summed E-state index contributed by atoms with van der Waals surface area (Å²) in [6.45, 7) is 0. The third kappa shape index (κ3) is 1.98. The topological polar surface area (TPSA) is 77.2 Å². The van der Waals surface area contributed by atoms with Crippen LogP contribution in [0.4, 0.5) is 0 Å². The first-order valence-electron chi connectivity index (χ1n) is 4.66. The van der Waals surface area contributed by atoms with Crippen LogP contribution in [0.5, 0.6) is 5.88 Å². The lowest BCUT2D eigenvalue weighted by atomic mass is 10.1. The van der Waals surface area contributed by atoms with Crippen molar-refractivity contribution in [3.05, 3.63) is 23.8 Å². The lowest BCUT2D eigenvalue weighted by molar-refractivity contribution is -0.120. The zero-order valence-corrected chi connectivity index (χ0v) is 9.50. The van der Waals surface area contributed by atoms with Crippen LogP contribution in [-0.4, -0.2) is 17.4 Å². The first-order chi connectivity index (χ1) is 7.74. The largest absolute Gasteiger partial charge is 0.480 e. The molecule has 1 amide bonds. The summed E-state index contributed by atoms with van der Waals surface area (Å²) in [5.74, 6) is 5.41. The van der Waals surface area contributed by atoms with Crippen molar-refractivity contribution in [2.24, 2.45) is 5.84 Å². The molecule has 2 aromatic rings. The quantitative estimate of drug-likeness (QED) is 0.471. The van der Waals surface area contributed by atoms with Crippen LogP contribution in [0.15, 0.2) is 18.2 Å². The Labute approximate surface area is 96.3 Å². The van der Waals surface area contributed by atoms with Gasteiger partial charge in [0.2, 0.25) is 11.8 Å². The monoisotopic (exact) mass is 237 g/mol. The molecule has 0 aliphatic heterocycles. The molecular weight excluding hydrogens is 226 g/mol. The molecule has 6 heteroatoms. The summed E-state index contributed by atoms with van der Waals surface area (Å²) in [5, 5.41) is 0.926. The second-order valence-electron chi connectivity index (χ2n) is 3.27. The van der Waals surface area contributed by atoms with Gasteiger partial charge in [0.1, 0.15) is 0 Å². The first-order valence-corrected chi connectivity index (χ1v) is 5.43. The van der Waals surface area contributed by atoms with E-state index in [1.165, 1.54) is 11.5 Å². The van der Waals surface area contributed by atoms with Gasteiger partial charge < -0.3 is 4.74 Å². The van der Waals surface area contributed by atoms with Gasteiger partial charge in [0.25, 0.3) is 0 Å². The minimum Gasteiger partial charge on any atom is -0.480 e. The summed E-state index contributed by atoms with van der Waals surface area (Å²) in [7, 11) is 1.58. The van der Waals surface area contributed by atoms with Crippen LogP contribution in [0.3, 0.4) is 0 Å². The summed E-state index contributed by atoms with van der Waals surface area (Å²) in [5.41, 5.74) is 2.98. The van der Waals surface area contributed by atoms with Gasteiger partial charge in [0.05, 0.1) is 23.6 Å². The second kappa shape index (κ2) is 4.46. The van der Waals surface area contributed by atoms with E-state index in [0.29, 0.717) is 5.88 Å². The maximum absolute atomic E-state index is 11.1. The molecule has 0 radical (unpaired) electrons. The summed E-state index contributed by atoms with van der Waals surface area (Å²) >= 11 is 1.37. The van der Waals surface area contributed by atoms with E-state index < -0.39 is 0 Å². The van der Waals surface area contributed by atoms with Gasteiger partial charge in [0, 0.05) is 0 Å². The number of rotatable bonds is 3. The van der Waals surface area contributed by atoms with Crippen LogP contribution in [-0.2, 0) is 11.2 Å². The minimum atomic E-state index is -0.221. The summed E-state index contributed by atoms with van der Waals surface area (Å²) in [6, 6.07) is 5.71.